The molecule has 3 heterocycles. The third-order valence-electron chi connectivity index (χ3n) is 4.33. The molecule has 10 nitrogen and oxygen atoms in total. The van der Waals surface area contributed by atoms with Crippen LogP contribution in [0.4, 0.5) is 5.95 Å². The largest absolute Gasteiger partial charge is 0.394 e. The van der Waals surface area contributed by atoms with E-state index in [4.69, 9.17) is 11.9 Å². The fourth-order valence-electron chi connectivity index (χ4n) is 3.09. The van der Waals surface area contributed by atoms with Crippen molar-refractivity contribution in [3.63, 3.8) is 0 Å². The number of aliphatic hydroxyl groups is 3. The molecule has 1 aromatic carbocycles. The predicted molar refractivity (Wildman–Crippen MR) is 91.0 cm³/mol. The summed E-state index contributed by atoms with van der Waals surface area (Å²) in [6, 6.07) is 8.78. The van der Waals surface area contributed by atoms with Gasteiger partial charge in [0.2, 0.25) is 5.95 Å². The van der Waals surface area contributed by atoms with Gasteiger partial charge in [-0.2, -0.15) is 4.98 Å². The Labute approximate surface area is 148 Å². The van der Waals surface area contributed by atoms with Gasteiger partial charge < -0.3 is 30.8 Å². The van der Waals surface area contributed by atoms with E-state index in [0.717, 1.165) is 0 Å². The summed E-state index contributed by atoms with van der Waals surface area (Å²) in [7, 11) is 0. The molecule has 26 heavy (non-hydrogen) atoms. The molecule has 136 valence electrons. The van der Waals surface area contributed by atoms with Crippen molar-refractivity contribution in [1.29, 1.82) is 0 Å². The number of imidazole rings is 1. The highest BCUT2D eigenvalue weighted by Gasteiger charge is 2.45. The Morgan fingerprint density at radius 3 is 2.65 bits per heavy atom. The van der Waals surface area contributed by atoms with E-state index in [1.54, 1.807) is 30.3 Å². The van der Waals surface area contributed by atoms with Gasteiger partial charge in [0.05, 0.1) is 6.61 Å². The van der Waals surface area contributed by atoms with Crippen LogP contribution in [-0.2, 0) is 4.74 Å². The molecule has 0 unspecified atom stereocenters. The summed E-state index contributed by atoms with van der Waals surface area (Å²) in [6.45, 7) is -0.514. The number of nitrogens with zero attached hydrogens (tertiary/aromatic N) is 3. The van der Waals surface area contributed by atoms with Crippen LogP contribution in [0.2, 0.25) is 1.41 Å². The molecule has 0 aliphatic carbocycles. The van der Waals surface area contributed by atoms with Crippen molar-refractivity contribution in [1.82, 2.24) is 19.5 Å². The minimum atomic E-state index is -1.42. The normalized spacial score (nSPS) is 26.3. The third-order valence-corrected chi connectivity index (χ3v) is 4.33. The molecule has 4 rings (SSSR count). The Kier molecular flexibility index (Phi) is 3.68. The first-order chi connectivity index (χ1) is 12.9. The van der Waals surface area contributed by atoms with Gasteiger partial charge in [-0.1, -0.05) is 30.3 Å². The zero-order valence-electron chi connectivity index (χ0n) is 14.4. The Bertz CT molecular complexity index is 1050. The lowest BCUT2D eigenvalue weighted by atomic mass is 10.1. The first kappa shape index (κ1) is 15.5. The van der Waals surface area contributed by atoms with Crippen LogP contribution in [0.5, 0.6) is 0 Å². The van der Waals surface area contributed by atoms with Crippen LogP contribution >= 0.6 is 0 Å². The molecule has 6 N–H and O–H groups in total. The molecule has 1 aliphatic heterocycles. The summed E-state index contributed by atoms with van der Waals surface area (Å²) in [5.41, 5.74) is 5.34. The lowest BCUT2D eigenvalue weighted by Gasteiger charge is -2.19. The van der Waals surface area contributed by atoms with Crippen molar-refractivity contribution in [3.8, 4) is 11.4 Å². The van der Waals surface area contributed by atoms with Gasteiger partial charge >= 0.3 is 5.56 Å². The van der Waals surface area contributed by atoms with Crippen molar-refractivity contribution in [2.45, 2.75) is 24.5 Å². The van der Waals surface area contributed by atoms with E-state index in [1.165, 1.54) is 4.57 Å². The molecule has 1 saturated heterocycles. The minimum absolute atomic E-state index is 0.0406. The highest BCUT2D eigenvalue weighted by atomic mass is 16.6. The first-order valence-electron chi connectivity index (χ1n) is 8.36. The Balaban J connectivity index is 2.04. The van der Waals surface area contributed by atoms with Gasteiger partial charge in [0.25, 0.3) is 0 Å². The molecular formula is C16H17N5O5. The lowest BCUT2D eigenvalue weighted by molar-refractivity contribution is -0.0503. The number of nitrogens with one attached hydrogen (secondary N) is 1. The summed E-state index contributed by atoms with van der Waals surface area (Å²) in [5, 5.41) is 29.9. The van der Waals surface area contributed by atoms with E-state index in [1.807, 2.05) is 0 Å². The van der Waals surface area contributed by atoms with Gasteiger partial charge in [0, 0.05) is 5.56 Å². The number of hydrogen-bond donors (Lipinski definition) is 5. The van der Waals surface area contributed by atoms with Gasteiger partial charge in [0.15, 0.2) is 13.2 Å². The molecule has 0 spiro atoms. The van der Waals surface area contributed by atoms with E-state index >= 15 is 0 Å². The number of aromatic amines is 1. The zero-order chi connectivity index (χ0) is 19.3. The third kappa shape index (κ3) is 2.47. The fraction of sp³-hybridized carbons (Fsp3) is 0.312. The maximum atomic E-state index is 12.3. The summed E-state index contributed by atoms with van der Waals surface area (Å²) >= 11 is 0. The smallest absolute Gasteiger partial charge is 0.302 e. The standard InChI is InChI=1S/C16H17N5O5/c17-16-19-13-9(14(25)20-16)18-12(7-4-2-1-3-5-7)21(13)15-11(24)10(23)8(6-22)26-15/h1-5,8,10-11,15,22-24H,6H2,(H3,17,19,20,25)/t8-,10-,11-,15-/m1/s1/i/hD. The second-order valence-corrected chi connectivity index (χ2v) is 5.96. The van der Waals surface area contributed by atoms with E-state index in [9.17, 15) is 20.1 Å². The molecule has 1 fully saturated rings. The number of benzene rings is 1. The number of rotatable bonds is 3. The van der Waals surface area contributed by atoms with Crippen LogP contribution in [0.15, 0.2) is 35.1 Å². The number of ether oxygens (including phenoxy) is 1. The summed E-state index contributed by atoms with van der Waals surface area (Å²) in [5.74, 6) is -0.133. The van der Waals surface area contributed by atoms with Gasteiger partial charge in [-0.15, -0.1) is 0 Å². The predicted octanol–water partition coefficient (Wildman–Crippen LogP) is -1.02. The molecule has 2 aromatic heterocycles. The second-order valence-electron chi connectivity index (χ2n) is 5.96. The van der Waals surface area contributed by atoms with E-state index in [0.29, 0.717) is 10.5 Å². The van der Waals surface area contributed by atoms with Crippen LogP contribution in [0, 0.1) is 0 Å². The number of fused-ring (bicyclic) bond motifs is 1. The minimum Gasteiger partial charge on any atom is -0.394 e. The summed E-state index contributed by atoms with van der Waals surface area (Å²) in [6.07, 6.45) is -5.01. The highest BCUT2D eigenvalue weighted by Crippen LogP contribution is 2.35. The average molecular weight is 360 g/mol. The topological polar surface area (TPSA) is 160 Å². The molecule has 10 heteroatoms. The monoisotopic (exact) mass is 360 g/mol. The van der Waals surface area contributed by atoms with Crippen molar-refractivity contribution in [2.75, 3.05) is 12.3 Å². The van der Waals surface area contributed by atoms with Gasteiger partial charge in [-0.05, 0) is 0 Å². The molecule has 0 saturated carbocycles. The molecule has 0 radical (unpaired) electrons. The number of anilines is 1. The number of nitrogens with two attached hydrogens (primary N) is 1. The van der Waals surface area contributed by atoms with Crippen molar-refractivity contribution < 1.29 is 21.5 Å². The fourth-order valence-corrected chi connectivity index (χ4v) is 3.09. The summed E-state index contributed by atoms with van der Waals surface area (Å²) in [4.78, 5) is 20.9. The Morgan fingerprint density at radius 1 is 1.27 bits per heavy atom. The first-order valence-corrected chi connectivity index (χ1v) is 7.91. The molecule has 3 aromatic rings. The second kappa shape index (κ2) is 6.18. The maximum absolute atomic E-state index is 12.3. The van der Waals surface area contributed by atoms with Gasteiger partial charge in [0.1, 0.15) is 29.8 Å². The van der Waals surface area contributed by atoms with Crippen molar-refractivity contribution in [2.24, 2.45) is 0 Å². The number of aliphatic hydroxyl groups excluding tert-OH is 3. The molecule has 4 atom stereocenters. The van der Waals surface area contributed by atoms with Crippen LogP contribution in [0.1, 0.15) is 6.23 Å². The van der Waals surface area contributed by atoms with Crippen LogP contribution in [0.25, 0.3) is 22.6 Å². The van der Waals surface area contributed by atoms with Crippen LogP contribution in [-0.4, -0.2) is 59.8 Å². The average Bonchev–Trinajstić information content (AvgIpc) is 3.20. The van der Waals surface area contributed by atoms with Gasteiger partial charge in [-0.25, -0.2) is 4.98 Å². The number of aromatic nitrogens is 4. The van der Waals surface area contributed by atoms with Gasteiger partial charge in [-0.3, -0.25) is 9.36 Å². The number of H-pyrrole nitrogens is 1. The molecule has 0 amide bonds. The molecule has 1 aliphatic rings. The Hall–Kier alpha value is -2.79. The molecule has 0 bridgehead atoms. The van der Waals surface area contributed by atoms with E-state index < -0.39 is 36.7 Å². The van der Waals surface area contributed by atoms with E-state index in [-0.39, 0.29) is 22.9 Å². The SMILES string of the molecule is [2H]n1c(N)nc(=O)c2nc(-c3ccccc3)n([C@@H]3O[C@H](CO)[C@@H](O)[C@H]3O)c21. The van der Waals surface area contributed by atoms with Crippen molar-refractivity contribution in [3.05, 3.63) is 40.7 Å². The highest BCUT2D eigenvalue weighted by molar-refractivity contribution is 5.77. The number of nitrogen functional groups attached to an aromatic ring is 1. The van der Waals surface area contributed by atoms with Crippen LogP contribution in [0.3, 0.4) is 0 Å². The lowest BCUT2D eigenvalue weighted by Crippen LogP contribution is -2.33. The Morgan fingerprint density at radius 2 is 2.00 bits per heavy atom. The quantitative estimate of drug-likeness (QED) is 0.397. The van der Waals surface area contributed by atoms with Crippen molar-refractivity contribution >= 4 is 17.1 Å². The maximum Gasteiger partial charge on any atom is 0.302 e. The summed E-state index contributed by atoms with van der Waals surface area (Å²) < 4.78 is 15.1. The van der Waals surface area contributed by atoms with Crippen LogP contribution < -0.4 is 11.3 Å². The molecular weight excluding hydrogens is 342 g/mol. The zero-order valence-corrected chi connectivity index (χ0v) is 13.4. The number of hydrogen-bond acceptors (Lipinski definition) is 8. The van der Waals surface area contributed by atoms with E-state index in [2.05, 4.69) is 9.97 Å².